The third-order valence-corrected chi connectivity index (χ3v) is 4.35. The Balaban J connectivity index is 1.60. The van der Waals surface area contributed by atoms with Crippen molar-refractivity contribution in [1.29, 1.82) is 0 Å². The van der Waals surface area contributed by atoms with Gasteiger partial charge in [0.1, 0.15) is 5.76 Å². The van der Waals surface area contributed by atoms with Gasteiger partial charge in [0.15, 0.2) is 0 Å². The van der Waals surface area contributed by atoms with E-state index in [1.165, 1.54) is 0 Å². The number of carbonyl (C=O) groups excluding carboxylic acids is 1. The topological polar surface area (TPSA) is 78.6 Å². The number of oxazole rings is 1. The van der Waals surface area contributed by atoms with Crippen molar-refractivity contribution in [1.82, 2.24) is 9.88 Å². The van der Waals surface area contributed by atoms with Gasteiger partial charge in [-0.25, -0.2) is 4.79 Å². The second-order valence-electron chi connectivity index (χ2n) is 5.59. The van der Waals surface area contributed by atoms with Crippen molar-refractivity contribution in [2.45, 2.75) is 32.7 Å². The van der Waals surface area contributed by atoms with Gasteiger partial charge in [-0.1, -0.05) is 0 Å². The molecule has 2 heterocycles. The number of carbonyl (C=O) groups is 1. The average molecular weight is 265 g/mol. The van der Waals surface area contributed by atoms with Crippen molar-refractivity contribution in [3.05, 3.63) is 11.5 Å². The van der Waals surface area contributed by atoms with Crippen LogP contribution < -0.4 is 5.32 Å². The first kappa shape index (κ1) is 12.5. The summed E-state index contributed by atoms with van der Waals surface area (Å²) >= 11 is 0. The van der Waals surface area contributed by atoms with Gasteiger partial charge in [0.2, 0.25) is 0 Å². The van der Waals surface area contributed by atoms with Crippen LogP contribution in [0.15, 0.2) is 4.42 Å². The van der Waals surface area contributed by atoms with Gasteiger partial charge >= 0.3 is 12.0 Å². The zero-order valence-electron chi connectivity index (χ0n) is 11.2. The van der Waals surface area contributed by atoms with Crippen molar-refractivity contribution in [2.24, 2.45) is 11.8 Å². The van der Waals surface area contributed by atoms with Gasteiger partial charge in [0.05, 0.1) is 5.69 Å². The number of aliphatic hydroxyl groups is 1. The Morgan fingerprint density at radius 2 is 2.32 bits per heavy atom. The monoisotopic (exact) mass is 265 g/mol. The molecular weight excluding hydrogens is 246 g/mol. The zero-order valence-corrected chi connectivity index (χ0v) is 11.2. The molecule has 0 unspecified atom stereocenters. The van der Waals surface area contributed by atoms with Gasteiger partial charge in [-0.05, 0) is 38.5 Å². The minimum atomic E-state index is -0.152. The van der Waals surface area contributed by atoms with E-state index in [0.29, 0.717) is 11.8 Å². The number of aromatic nitrogens is 1. The van der Waals surface area contributed by atoms with Crippen LogP contribution in [0.25, 0.3) is 0 Å². The molecule has 1 aromatic rings. The van der Waals surface area contributed by atoms with Crippen LogP contribution in [-0.4, -0.2) is 40.2 Å². The van der Waals surface area contributed by atoms with Gasteiger partial charge < -0.3 is 14.4 Å². The van der Waals surface area contributed by atoms with Gasteiger partial charge in [0, 0.05) is 19.2 Å². The fraction of sp³-hybridized carbons (Fsp3) is 0.692. The molecule has 0 bridgehead atoms. The average Bonchev–Trinajstić information content (AvgIpc) is 2.82. The minimum Gasteiger partial charge on any atom is -0.428 e. The summed E-state index contributed by atoms with van der Waals surface area (Å²) in [5.74, 6) is 1.62. The van der Waals surface area contributed by atoms with Crippen molar-refractivity contribution in [3.63, 3.8) is 0 Å². The highest BCUT2D eigenvalue weighted by Gasteiger charge is 2.48. The maximum Gasteiger partial charge on any atom is 0.325 e. The van der Waals surface area contributed by atoms with Crippen LogP contribution in [0.3, 0.4) is 0 Å². The van der Waals surface area contributed by atoms with E-state index in [1.807, 2.05) is 18.7 Å². The first-order valence-corrected chi connectivity index (χ1v) is 6.71. The Labute approximate surface area is 111 Å². The minimum absolute atomic E-state index is 0.152. The lowest BCUT2D eigenvalue weighted by Crippen LogP contribution is -2.57. The molecule has 0 spiro atoms. The van der Waals surface area contributed by atoms with Crippen LogP contribution in [0, 0.1) is 25.7 Å². The van der Waals surface area contributed by atoms with E-state index in [0.717, 1.165) is 30.8 Å². The number of aliphatic hydroxyl groups excluding tert-OH is 1. The molecule has 19 heavy (non-hydrogen) atoms. The molecule has 6 heteroatoms. The largest absolute Gasteiger partial charge is 0.428 e. The Morgan fingerprint density at radius 1 is 1.53 bits per heavy atom. The van der Waals surface area contributed by atoms with E-state index < -0.39 is 0 Å². The molecule has 2 N–H and O–H groups in total. The van der Waals surface area contributed by atoms with Crippen LogP contribution >= 0.6 is 0 Å². The SMILES string of the molecule is Cc1nc(NC(=O)N2C[C@@H]3C[C@@H](CO)C[C@@H]32)oc1C. The van der Waals surface area contributed by atoms with Crippen LogP contribution in [-0.2, 0) is 0 Å². The van der Waals surface area contributed by atoms with Crippen molar-refractivity contribution >= 4 is 12.0 Å². The number of nitrogens with one attached hydrogen (secondary N) is 1. The molecule has 0 radical (unpaired) electrons. The summed E-state index contributed by atoms with van der Waals surface area (Å²) in [7, 11) is 0. The molecule has 3 atom stereocenters. The molecule has 1 saturated carbocycles. The second kappa shape index (κ2) is 4.52. The fourth-order valence-corrected chi connectivity index (χ4v) is 3.12. The quantitative estimate of drug-likeness (QED) is 0.850. The van der Waals surface area contributed by atoms with Gasteiger partial charge in [-0.15, -0.1) is 0 Å². The van der Waals surface area contributed by atoms with Crippen molar-refractivity contribution < 1.29 is 14.3 Å². The van der Waals surface area contributed by atoms with Gasteiger partial charge in [-0.2, -0.15) is 4.98 Å². The molecule has 104 valence electrons. The Bertz CT molecular complexity index is 480. The Hall–Kier alpha value is -1.56. The molecule has 1 saturated heterocycles. The normalized spacial score (nSPS) is 29.0. The molecule has 2 aliphatic rings. The van der Waals surface area contributed by atoms with E-state index in [1.54, 1.807) is 0 Å². The summed E-state index contributed by atoms with van der Waals surface area (Å²) in [4.78, 5) is 18.1. The van der Waals surface area contributed by atoms with E-state index >= 15 is 0 Å². The summed E-state index contributed by atoms with van der Waals surface area (Å²) in [6, 6.07) is 0.385. The number of anilines is 1. The highest BCUT2D eigenvalue weighted by molar-refractivity contribution is 5.88. The predicted octanol–water partition coefficient (Wildman–Crippen LogP) is 1.53. The lowest BCUT2D eigenvalue weighted by atomic mass is 9.92. The summed E-state index contributed by atoms with van der Waals surface area (Å²) in [6.45, 7) is 4.66. The lowest BCUT2D eigenvalue weighted by molar-refractivity contribution is 0.0793. The standard InChI is InChI=1S/C13H19N3O3/c1-7-8(2)19-12(14-7)15-13(18)16-5-10-3-9(6-17)4-11(10)16/h9-11,17H,3-6H2,1-2H3,(H,14,15,18)/t9-,10+,11+/m1/s1. The van der Waals surface area contributed by atoms with Crippen LogP contribution in [0.1, 0.15) is 24.3 Å². The molecule has 2 amide bonds. The predicted molar refractivity (Wildman–Crippen MR) is 68.8 cm³/mol. The molecule has 2 fully saturated rings. The summed E-state index contributed by atoms with van der Waals surface area (Å²) in [5, 5.41) is 11.9. The number of hydrogen-bond acceptors (Lipinski definition) is 4. The number of aryl methyl sites for hydroxylation is 2. The third kappa shape index (κ3) is 2.10. The number of likely N-dealkylation sites (tertiary alicyclic amines) is 1. The van der Waals surface area contributed by atoms with Crippen LogP contribution in [0.4, 0.5) is 10.8 Å². The molecule has 6 nitrogen and oxygen atoms in total. The van der Waals surface area contributed by atoms with Crippen LogP contribution in [0.5, 0.6) is 0 Å². The fourth-order valence-electron chi connectivity index (χ4n) is 3.12. The Morgan fingerprint density at radius 3 is 2.95 bits per heavy atom. The summed E-state index contributed by atoms with van der Waals surface area (Å²) < 4.78 is 5.35. The summed E-state index contributed by atoms with van der Waals surface area (Å²) in [6.07, 6.45) is 1.93. The van der Waals surface area contributed by atoms with E-state index in [9.17, 15) is 9.90 Å². The number of fused-ring (bicyclic) bond motifs is 1. The third-order valence-electron chi connectivity index (χ3n) is 4.35. The molecule has 3 rings (SSSR count). The second-order valence-corrected chi connectivity index (χ2v) is 5.59. The highest BCUT2D eigenvalue weighted by Crippen LogP contribution is 2.42. The smallest absolute Gasteiger partial charge is 0.325 e. The van der Waals surface area contributed by atoms with Crippen molar-refractivity contribution in [2.75, 3.05) is 18.5 Å². The van der Waals surface area contributed by atoms with E-state index in [4.69, 9.17) is 4.42 Å². The maximum absolute atomic E-state index is 12.1. The number of rotatable bonds is 2. The van der Waals surface area contributed by atoms with Gasteiger partial charge in [0.25, 0.3) is 0 Å². The number of nitrogens with zero attached hydrogens (tertiary/aromatic N) is 2. The number of amides is 2. The zero-order chi connectivity index (χ0) is 13.6. The first-order valence-electron chi connectivity index (χ1n) is 6.71. The van der Waals surface area contributed by atoms with Gasteiger partial charge in [-0.3, -0.25) is 5.32 Å². The maximum atomic E-state index is 12.1. The first-order chi connectivity index (χ1) is 9.08. The van der Waals surface area contributed by atoms with E-state index in [-0.39, 0.29) is 24.7 Å². The number of urea groups is 1. The molecule has 1 aliphatic carbocycles. The van der Waals surface area contributed by atoms with E-state index in [2.05, 4.69) is 10.3 Å². The Kier molecular flexibility index (Phi) is 2.97. The highest BCUT2D eigenvalue weighted by atomic mass is 16.4. The van der Waals surface area contributed by atoms with Crippen LogP contribution in [0.2, 0.25) is 0 Å². The number of hydrogen-bond donors (Lipinski definition) is 2. The lowest BCUT2D eigenvalue weighted by Gasteiger charge is -2.43. The molecular formula is C13H19N3O3. The summed E-state index contributed by atoms with van der Waals surface area (Å²) in [5.41, 5.74) is 0.790. The van der Waals surface area contributed by atoms with Crippen molar-refractivity contribution in [3.8, 4) is 0 Å². The molecule has 1 aliphatic heterocycles. The molecule has 0 aromatic carbocycles. The molecule has 1 aromatic heterocycles.